The molecule has 0 aliphatic heterocycles. The van der Waals surface area contributed by atoms with E-state index in [4.69, 9.17) is 31.5 Å². The van der Waals surface area contributed by atoms with Gasteiger partial charge in [-0.05, 0) is 29.8 Å². The van der Waals surface area contributed by atoms with E-state index in [0.717, 1.165) is 30.8 Å². The smallest absolute Gasteiger partial charge is 0.255 e. The highest BCUT2D eigenvalue weighted by Crippen LogP contribution is 2.36. The van der Waals surface area contributed by atoms with E-state index >= 15 is 0 Å². The van der Waals surface area contributed by atoms with Crippen molar-refractivity contribution in [1.82, 2.24) is 0 Å². The summed E-state index contributed by atoms with van der Waals surface area (Å²) < 4.78 is 15.8. The second-order valence-electron chi connectivity index (χ2n) is 5.74. The highest BCUT2D eigenvalue weighted by Gasteiger charge is 2.13. The minimum atomic E-state index is -0.570. The number of hydrogen-bond donors (Lipinski definition) is 2. The lowest BCUT2D eigenvalue weighted by Crippen LogP contribution is -2.83. The van der Waals surface area contributed by atoms with Crippen molar-refractivity contribution in [3.8, 4) is 17.2 Å². The van der Waals surface area contributed by atoms with Gasteiger partial charge in [0.15, 0.2) is 18.1 Å². The zero-order chi connectivity index (χ0) is 18.9. The van der Waals surface area contributed by atoms with Crippen LogP contribution in [-0.4, -0.2) is 33.3 Å². The maximum absolute atomic E-state index is 10.9. The number of hydrogen-bond acceptors (Lipinski definition) is 4. The normalized spacial score (nSPS) is 10.4. The molecule has 0 unspecified atom stereocenters. The largest absolute Gasteiger partial charge is 0.497 e. The van der Waals surface area contributed by atoms with E-state index in [1.165, 1.54) is 12.7 Å². The number of methoxy groups -OCH3 is 2. The Labute approximate surface area is 158 Å². The lowest BCUT2D eigenvalue weighted by Gasteiger charge is -2.13. The molecule has 0 spiro atoms. The second kappa shape index (κ2) is 9.89. The van der Waals surface area contributed by atoms with Crippen molar-refractivity contribution in [2.24, 2.45) is 5.73 Å². The molecule has 7 heteroatoms. The Morgan fingerprint density at radius 1 is 1.12 bits per heavy atom. The lowest BCUT2D eigenvalue weighted by atomic mass is 10.1. The Hall–Kier alpha value is -2.44. The number of nitrogens with two attached hydrogens (primary N) is 2. The molecule has 0 aromatic heterocycles. The van der Waals surface area contributed by atoms with Crippen LogP contribution >= 0.6 is 11.6 Å². The summed E-state index contributed by atoms with van der Waals surface area (Å²) in [7, 11) is 3.19. The van der Waals surface area contributed by atoms with Crippen molar-refractivity contribution in [1.29, 1.82) is 0 Å². The molecule has 6 nitrogen and oxygen atoms in total. The molecule has 0 fully saturated rings. The monoisotopic (exact) mass is 379 g/mol. The molecule has 2 rings (SSSR count). The van der Waals surface area contributed by atoms with E-state index in [1.54, 1.807) is 7.11 Å². The Bertz CT molecular complexity index is 735. The number of benzene rings is 2. The fraction of sp³-hybridized carbons (Fsp3) is 0.316. The van der Waals surface area contributed by atoms with Crippen molar-refractivity contribution in [3.63, 3.8) is 0 Å². The van der Waals surface area contributed by atoms with Gasteiger partial charge in [0.2, 0.25) is 0 Å². The van der Waals surface area contributed by atoms with Crippen molar-refractivity contribution in [2.45, 2.75) is 13.0 Å². The number of carbonyl (C=O) groups excluding carboxylic acids is 1. The van der Waals surface area contributed by atoms with Gasteiger partial charge in [0.25, 0.3) is 5.91 Å². The number of primary amides is 1. The van der Waals surface area contributed by atoms with Crippen molar-refractivity contribution < 1.29 is 24.3 Å². The van der Waals surface area contributed by atoms with Gasteiger partial charge < -0.3 is 25.3 Å². The number of carbonyl (C=O) groups is 1. The number of ether oxygens (including phenoxy) is 3. The van der Waals surface area contributed by atoms with Crippen LogP contribution in [0.3, 0.4) is 0 Å². The Kier molecular flexibility index (Phi) is 7.56. The molecule has 0 aliphatic carbocycles. The first-order valence-electron chi connectivity index (χ1n) is 8.25. The van der Waals surface area contributed by atoms with E-state index in [1.807, 2.05) is 24.3 Å². The molecule has 2 aromatic carbocycles. The third-order valence-corrected chi connectivity index (χ3v) is 4.10. The SMILES string of the molecule is COc1ccc(CC[NH2+]Cc2cc(Cl)c(OCC(N)=O)c(OC)c2)cc1. The van der Waals surface area contributed by atoms with Crippen LogP contribution in [0.5, 0.6) is 17.2 Å². The highest BCUT2D eigenvalue weighted by atomic mass is 35.5. The third-order valence-electron chi connectivity index (χ3n) is 3.82. The summed E-state index contributed by atoms with van der Waals surface area (Å²) in [6.07, 6.45) is 0.953. The van der Waals surface area contributed by atoms with Crippen molar-refractivity contribution in [3.05, 3.63) is 52.5 Å². The molecule has 0 saturated carbocycles. The van der Waals surface area contributed by atoms with E-state index in [2.05, 4.69) is 17.4 Å². The molecule has 2 aromatic rings. The fourth-order valence-electron chi connectivity index (χ4n) is 2.50. The first-order valence-corrected chi connectivity index (χ1v) is 8.63. The van der Waals surface area contributed by atoms with Gasteiger partial charge in [0.05, 0.1) is 25.8 Å². The molecule has 140 valence electrons. The van der Waals surface area contributed by atoms with Crippen molar-refractivity contribution >= 4 is 17.5 Å². The number of halogens is 1. The lowest BCUT2D eigenvalue weighted by molar-refractivity contribution is -0.670. The fourth-order valence-corrected chi connectivity index (χ4v) is 2.79. The molecule has 0 bridgehead atoms. The van der Waals surface area contributed by atoms with Gasteiger partial charge in [-0.1, -0.05) is 23.7 Å². The van der Waals surface area contributed by atoms with Crippen LogP contribution in [0.25, 0.3) is 0 Å². The minimum absolute atomic E-state index is 0.247. The molecule has 0 aliphatic rings. The topological polar surface area (TPSA) is 87.4 Å². The van der Waals surface area contributed by atoms with Gasteiger partial charge >= 0.3 is 0 Å². The Balaban J connectivity index is 1.90. The summed E-state index contributed by atoms with van der Waals surface area (Å²) >= 11 is 6.25. The van der Waals surface area contributed by atoms with Crippen LogP contribution in [0.15, 0.2) is 36.4 Å². The summed E-state index contributed by atoms with van der Waals surface area (Å²) in [4.78, 5) is 10.9. The van der Waals surface area contributed by atoms with Gasteiger partial charge in [0, 0.05) is 12.0 Å². The van der Waals surface area contributed by atoms with Gasteiger partial charge in [0.1, 0.15) is 12.3 Å². The molecule has 26 heavy (non-hydrogen) atoms. The van der Waals surface area contributed by atoms with Crippen LogP contribution in [0.4, 0.5) is 0 Å². The molecule has 4 N–H and O–H groups in total. The maximum atomic E-state index is 10.9. The molecular weight excluding hydrogens is 356 g/mol. The molecule has 1 amide bonds. The molecule has 0 radical (unpaired) electrons. The Morgan fingerprint density at radius 3 is 2.46 bits per heavy atom. The molecular formula is C19H24ClN2O4+. The highest BCUT2D eigenvalue weighted by molar-refractivity contribution is 6.32. The van der Waals surface area contributed by atoms with Crippen molar-refractivity contribution in [2.75, 3.05) is 27.4 Å². The molecule has 0 heterocycles. The summed E-state index contributed by atoms with van der Waals surface area (Å²) in [6, 6.07) is 11.7. The van der Waals surface area contributed by atoms with Crippen LogP contribution in [0, 0.1) is 0 Å². The van der Waals surface area contributed by atoms with E-state index in [9.17, 15) is 4.79 Å². The quantitative estimate of drug-likeness (QED) is 0.613. The van der Waals surface area contributed by atoms with E-state index in [-0.39, 0.29) is 6.61 Å². The average molecular weight is 380 g/mol. The maximum Gasteiger partial charge on any atom is 0.255 e. The van der Waals surface area contributed by atoms with Crippen LogP contribution in [0.2, 0.25) is 5.02 Å². The molecule has 0 atom stereocenters. The number of amides is 1. The third kappa shape index (κ3) is 5.82. The zero-order valence-electron chi connectivity index (χ0n) is 15.0. The van der Waals surface area contributed by atoms with Crippen LogP contribution < -0.4 is 25.3 Å². The standard InChI is InChI=1S/C19H23ClN2O4/c1-24-15-5-3-13(4-6-15)7-8-22-11-14-9-16(20)19(17(10-14)25-2)26-12-18(21)23/h3-6,9-10,22H,7-8,11-12H2,1-2H3,(H2,21,23)/p+1. The Morgan fingerprint density at radius 2 is 1.85 bits per heavy atom. The van der Waals surface area contributed by atoms with Gasteiger partial charge in [-0.2, -0.15) is 0 Å². The summed E-state index contributed by atoms with van der Waals surface area (Å²) in [6.45, 7) is 1.44. The second-order valence-corrected chi connectivity index (χ2v) is 6.15. The van der Waals surface area contributed by atoms with Gasteiger partial charge in [-0.25, -0.2) is 0 Å². The molecule has 0 saturated heterocycles. The number of quaternary nitrogens is 1. The first-order chi connectivity index (χ1) is 12.5. The van der Waals surface area contributed by atoms with E-state index in [0.29, 0.717) is 16.5 Å². The minimum Gasteiger partial charge on any atom is -0.497 e. The zero-order valence-corrected chi connectivity index (χ0v) is 15.7. The predicted octanol–water partition coefficient (Wildman–Crippen LogP) is 1.53. The predicted molar refractivity (Wildman–Crippen MR) is 99.9 cm³/mol. The number of rotatable bonds is 10. The van der Waals surface area contributed by atoms with Gasteiger partial charge in [-0.15, -0.1) is 0 Å². The average Bonchev–Trinajstić information content (AvgIpc) is 2.64. The first kappa shape index (κ1) is 19.9. The van der Waals surface area contributed by atoms with E-state index < -0.39 is 5.91 Å². The van der Waals surface area contributed by atoms with Crippen LogP contribution in [0.1, 0.15) is 11.1 Å². The van der Waals surface area contributed by atoms with Crippen LogP contribution in [-0.2, 0) is 17.8 Å². The van der Waals surface area contributed by atoms with Gasteiger partial charge in [-0.3, -0.25) is 4.79 Å². The summed E-state index contributed by atoms with van der Waals surface area (Å²) in [5.41, 5.74) is 7.36. The summed E-state index contributed by atoms with van der Waals surface area (Å²) in [5, 5.41) is 2.59. The summed E-state index contributed by atoms with van der Waals surface area (Å²) in [5.74, 6) is 1.10.